The monoisotopic (exact) mass is 413 g/mol. The van der Waals surface area contributed by atoms with E-state index in [1.165, 1.54) is 29.0 Å². The number of amides is 1. The van der Waals surface area contributed by atoms with Gasteiger partial charge in [-0.15, -0.1) is 0 Å². The number of carbonyl (C=O) groups excluding carboxylic acids is 1. The molecule has 0 bridgehead atoms. The van der Waals surface area contributed by atoms with Crippen molar-refractivity contribution in [2.45, 2.75) is 26.3 Å². The van der Waals surface area contributed by atoms with E-state index < -0.39 is 23.2 Å². The van der Waals surface area contributed by atoms with Crippen LogP contribution in [0, 0.1) is 17.6 Å². The van der Waals surface area contributed by atoms with E-state index in [2.05, 4.69) is 5.32 Å². The van der Waals surface area contributed by atoms with Crippen LogP contribution in [0.5, 0.6) is 11.5 Å². The van der Waals surface area contributed by atoms with Gasteiger partial charge < -0.3 is 0 Å². The Morgan fingerprint density at radius 3 is 2.60 bits per heavy atom. The number of halogens is 2. The Morgan fingerprint density at radius 2 is 1.97 bits per heavy atom. The first-order valence-corrected chi connectivity index (χ1v) is 9.51. The molecule has 156 valence electrons. The number of anilines is 1. The Morgan fingerprint density at radius 1 is 1.20 bits per heavy atom. The van der Waals surface area contributed by atoms with Crippen LogP contribution < -0.4 is 15.6 Å². The summed E-state index contributed by atoms with van der Waals surface area (Å²) >= 11 is 0. The predicted molar refractivity (Wildman–Crippen MR) is 111 cm³/mol. The van der Waals surface area contributed by atoms with Crippen molar-refractivity contribution in [2.24, 2.45) is 13.0 Å². The van der Waals surface area contributed by atoms with Crippen LogP contribution in [0.1, 0.15) is 26.3 Å². The fraction of sp³-hybridized carbons (Fsp3) is 0.286. The number of benzene rings is 1. The van der Waals surface area contributed by atoms with Gasteiger partial charge in [0.05, 0.1) is 0 Å². The molecular weight excluding hydrogens is 391 g/mol. The molecule has 6 nitrogen and oxygen atoms in total. The molecule has 0 aliphatic carbocycles. The van der Waals surface area contributed by atoms with Crippen molar-refractivity contribution in [2.75, 3.05) is 5.32 Å². The third kappa shape index (κ3) is 5.03. The van der Waals surface area contributed by atoms with Crippen LogP contribution in [0.3, 0.4) is 0 Å². The molecular formula is C21H22BF2N3O3. The second kappa shape index (κ2) is 9.07. The van der Waals surface area contributed by atoms with Crippen LogP contribution in [-0.4, -0.2) is 22.0 Å². The maximum absolute atomic E-state index is 13.8. The minimum atomic E-state index is -1.14. The van der Waals surface area contributed by atoms with Gasteiger partial charge in [-0.1, -0.05) is 0 Å². The van der Waals surface area contributed by atoms with Gasteiger partial charge in [0.15, 0.2) is 0 Å². The molecule has 0 fully saturated rings. The molecule has 9 heteroatoms. The van der Waals surface area contributed by atoms with E-state index in [-0.39, 0.29) is 23.3 Å². The standard InChI is InChI=1S/C21H22BF2N3O3/c1-13(2)11-16(21(29)25-18-8-9-26(3)22-18)27-10-7-14(12-19(27)28)30-17-6-4-5-15(23)20(17)24/h4-10,12-13,16H,11H2,1-3H3,(H,25,29). The molecule has 1 unspecified atom stereocenters. The van der Waals surface area contributed by atoms with Gasteiger partial charge >= 0.3 is 162 Å². The third-order valence-electron chi connectivity index (χ3n) is 4.50. The average Bonchev–Trinajstić information content (AvgIpc) is 3.08. The van der Waals surface area contributed by atoms with Gasteiger partial charge in [0.2, 0.25) is 0 Å². The molecule has 0 spiro atoms. The van der Waals surface area contributed by atoms with Crippen LogP contribution >= 0.6 is 0 Å². The Labute approximate surface area is 173 Å². The first-order chi connectivity index (χ1) is 14.2. The molecule has 3 rings (SSSR count). The first kappa shape index (κ1) is 21.5. The van der Waals surface area contributed by atoms with E-state index in [0.717, 1.165) is 12.1 Å². The first-order valence-electron chi connectivity index (χ1n) is 9.51. The molecule has 0 radical (unpaired) electrons. The van der Waals surface area contributed by atoms with E-state index >= 15 is 0 Å². The molecule has 2 heterocycles. The fourth-order valence-electron chi connectivity index (χ4n) is 3.08. The Balaban J connectivity index is 1.86. The van der Waals surface area contributed by atoms with Crippen LogP contribution in [-0.2, 0) is 11.8 Å². The second-order valence-corrected chi connectivity index (χ2v) is 7.46. The van der Waals surface area contributed by atoms with Crippen molar-refractivity contribution in [3.05, 3.63) is 70.8 Å². The van der Waals surface area contributed by atoms with Crippen molar-refractivity contribution in [1.29, 1.82) is 0 Å². The van der Waals surface area contributed by atoms with Gasteiger partial charge in [-0.3, -0.25) is 0 Å². The van der Waals surface area contributed by atoms with Crippen molar-refractivity contribution in [3.63, 3.8) is 0 Å². The molecule has 0 aliphatic heterocycles. The van der Waals surface area contributed by atoms with Gasteiger partial charge in [-0.25, -0.2) is 4.39 Å². The Bertz CT molecular complexity index is 1110. The number of rotatable bonds is 7. The van der Waals surface area contributed by atoms with Gasteiger partial charge in [-0.05, 0) is 6.07 Å². The number of pyridine rings is 1. The number of ether oxygens (including phenoxy) is 1. The van der Waals surface area contributed by atoms with E-state index in [4.69, 9.17) is 4.74 Å². The quantitative estimate of drug-likeness (QED) is 0.641. The molecule has 1 atom stereocenters. The van der Waals surface area contributed by atoms with E-state index in [1.807, 2.05) is 20.9 Å². The van der Waals surface area contributed by atoms with Crippen LogP contribution in [0.15, 0.2) is 53.6 Å². The normalized spacial score (nSPS) is 11.9. The average molecular weight is 413 g/mol. The number of hydrogen-bond donors (Lipinski definition) is 1. The zero-order chi connectivity index (χ0) is 21.8. The molecule has 0 saturated carbocycles. The van der Waals surface area contributed by atoms with Crippen LogP contribution in [0.4, 0.5) is 14.4 Å². The van der Waals surface area contributed by atoms with Crippen LogP contribution in [0.25, 0.3) is 0 Å². The predicted octanol–water partition coefficient (Wildman–Crippen LogP) is 3.82. The number of hydrogen-bond acceptors (Lipinski definition) is 3. The SMILES string of the molecule is CC(C)CC(C(=O)Nc1bn(C)cc1)n1ccc(Oc2cccc(F)c2F)cc1=O. The molecule has 1 N–H and O–H groups in total. The fourth-order valence-corrected chi connectivity index (χ4v) is 3.08. The Hall–Kier alpha value is -3.23. The van der Waals surface area contributed by atoms with E-state index in [9.17, 15) is 18.4 Å². The van der Waals surface area contributed by atoms with Gasteiger partial charge in [0, 0.05) is 0 Å². The summed E-state index contributed by atoms with van der Waals surface area (Å²) in [6.45, 7) is 3.91. The summed E-state index contributed by atoms with van der Waals surface area (Å²) in [6.07, 6.45) is 3.67. The van der Waals surface area contributed by atoms with Crippen molar-refractivity contribution in [3.8, 4) is 11.5 Å². The summed E-state index contributed by atoms with van der Waals surface area (Å²) in [6, 6.07) is 7.15. The second-order valence-electron chi connectivity index (χ2n) is 7.46. The summed E-state index contributed by atoms with van der Waals surface area (Å²) in [7, 11) is 3.60. The van der Waals surface area contributed by atoms with Gasteiger partial charge in [0.25, 0.3) is 0 Å². The number of nitrogens with one attached hydrogen (secondary N) is 1. The minimum absolute atomic E-state index is 0.0486. The summed E-state index contributed by atoms with van der Waals surface area (Å²) in [5, 5.41) is 2.82. The number of aromatic nitrogens is 2. The van der Waals surface area contributed by atoms with Crippen molar-refractivity contribution in [1.82, 2.24) is 9.04 Å². The van der Waals surface area contributed by atoms with Crippen molar-refractivity contribution < 1.29 is 18.3 Å². The summed E-state index contributed by atoms with van der Waals surface area (Å²) in [4.78, 5) is 25.6. The summed E-state index contributed by atoms with van der Waals surface area (Å²) in [5.41, 5.74) is 0.143. The van der Waals surface area contributed by atoms with Gasteiger partial charge in [-0.2, -0.15) is 0 Å². The number of nitrogens with zero attached hydrogens (tertiary/aromatic N) is 2. The van der Waals surface area contributed by atoms with E-state index in [0.29, 0.717) is 12.0 Å². The van der Waals surface area contributed by atoms with Crippen LogP contribution in [0.2, 0.25) is 0 Å². The topological polar surface area (TPSA) is 65.3 Å². The van der Waals surface area contributed by atoms with Gasteiger partial charge in [0.1, 0.15) is 0 Å². The molecule has 30 heavy (non-hydrogen) atoms. The molecule has 1 amide bonds. The molecule has 1 aromatic carbocycles. The zero-order valence-electron chi connectivity index (χ0n) is 16.9. The van der Waals surface area contributed by atoms with E-state index in [1.54, 1.807) is 23.8 Å². The summed E-state index contributed by atoms with van der Waals surface area (Å²) < 4.78 is 35.6. The number of aryl methyl sites for hydroxylation is 1. The number of carbonyl (C=O) groups is 1. The molecule has 3 aromatic rings. The molecule has 2 aromatic heterocycles. The maximum atomic E-state index is 13.8. The summed E-state index contributed by atoms with van der Waals surface area (Å²) in [5.74, 6) is -2.63. The van der Waals surface area contributed by atoms with Crippen molar-refractivity contribution >= 4 is 18.5 Å². The molecule has 0 aliphatic rings. The molecule has 0 saturated heterocycles. The zero-order valence-corrected chi connectivity index (χ0v) is 16.9. The Kier molecular flexibility index (Phi) is 6.49. The third-order valence-corrected chi connectivity index (χ3v) is 4.50.